The number of hydrogen-bond acceptors (Lipinski definition) is 7. The van der Waals surface area contributed by atoms with Crippen molar-refractivity contribution in [2.75, 3.05) is 19.8 Å². The molecule has 0 saturated carbocycles. The van der Waals surface area contributed by atoms with Gasteiger partial charge in [0.15, 0.2) is 11.5 Å². The lowest BCUT2D eigenvalue weighted by atomic mass is 10.2. The lowest BCUT2D eigenvalue weighted by Crippen LogP contribution is -2.19. The SMILES string of the molecule is CCOC(=O)c1cnn(-c2ccc3c(c2)OCCO3)c1CNCc1ccco1. The molecule has 1 aromatic carbocycles. The maximum absolute atomic E-state index is 12.4. The summed E-state index contributed by atoms with van der Waals surface area (Å²) in [5, 5.41) is 7.69. The van der Waals surface area contributed by atoms with Crippen LogP contribution in [-0.2, 0) is 17.8 Å². The molecule has 8 heteroatoms. The zero-order chi connectivity index (χ0) is 19.3. The number of carbonyl (C=O) groups is 1. The van der Waals surface area contributed by atoms with Crippen molar-refractivity contribution in [2.45, 2.75) is 20.0 Å². The van der Waals surface area contributed by atoms with Crippen molar-refractivity contribution in [3.8, 4) is 17.2 Å². The Morgan fingerprint density at radius 1 is 1.21 bits per heavy atom. The Labute approximate surface area is 162 Å². The van der Waals surface area contributed by atoms with E-state index in [0.717, 1.165) is 11.4 Å². The van der Waals surface area contributed by atoms with Crippen LogP contribution in [-0.4, -0.2) is 35.6 Å². The molecule has 2 aromatic heterocycles. The first-order valence-corrected chi connectivity index (χ1v) is 9.13. The van der Waals surface area contributed by atoms with Gasteiger partial charge in [-0.3, -0.25) is 0 Å². The molecule has 1 aliphatic heterocycles. The normalized spacial score (nSPS) is 12.8. The quantitative estimate of drug-likeness (QED) is 0.628. The Hall–Kier alpha value is -3.26. The Balaban J connectivity index is 1.63. The van der Waals surface area contributed by atoms with E-state index >= 15 is 0 Å². The number of benzene rings is 1. The van der Waals surface area contributed by atoms with Gasteiger partial charge in [-0.1, -0.05) is 0 Å². The molecule has 0 spiro atoms. The third kappa shape index (κ3) is 3.72. The zero-order valence-corrected chi connectivity index (χ0v) is 15.5. The first-order valence-electron chi connectivity index (χ1n) is 9.13. The van der Waals surface area contributed by atoms with Crippen molar-refractivity contribution < 1.29 is 23.4 Å². The van der Waals surface area contributed by atoms with Crippen LogP contribution in [0.5, 0.6) is 11.5 Å². The number of fused-ring (bicyclic) bond motifs is 1. The van der Waals surface area contributed by atoms with Gasteiger partial charge in [0.2, 0.25) is 0 Å². The number of carbonyl (C=O) groups excluding carboxylic acids is 1. The molecule has 0 bridgehead atoms. The topological polar surface area (TPSA) is 87.8 Å². The first kappa shape index (κ1) is 18.1. The van der Waals surface area contributed by atoms with E-state index < -0.39 is 5.97 Å². The summed E-state index contributed by atoms with van der Waals surface area (Å²) in [6, 6.07) is 9.30. The van der Waals surface area contributed by atoms with E-state index in [2.05, 4.69) is 10.4 Å². The molecule has 8 nitrogen and oxygen atoms in total. The minimum absolute atomic E-state index is 0.299. The van der Waals surface area contributed by atoms with Crippen molar-refractivity contribution in [2.24, 2.45) is 0 Å². The Kier molecular flexibility index (Phi) is 5.29. The standard InChI is InChI=1S/C20H21N3O5/c1-2-25-20(24)16-12-22-23(17(16)13-21-11-15-4-3-7-26-15)14-5-6-18-19(10-14)28-9-8-27-18/h3-7,10,12,21H,2,8-9,11,13H2,1H3. The summed E-state index contributed by atoms with van der Waals surface area (Å²) in [5.74, 6) is 1.76. The summed E-state index contributed by atoms with van der Waals surface area (Å²) in [6.45, 7) is 4.04. The summed E-state index contributed by atoms with van der Waals surface area (Å²) >= 11 is 0. The van der Waals surface area contributed by atoms with Crippen LogP contribution in [0.15, 0.2) is 47.2 Å². The molecule has 4 rings (SSSR count). The second-order valence-corrected chi connectivity index (χ2v) is 6.15. The van der Waals surface area contributed by atoms with Gasteiger partial charge in [-0.2, -0.15) is 5.10 Å². The molecule has 3 aromatic rings. The van der Waals surface area contributed by atoms with Crippen LogP contribution >= 0.6 is 0 Å². The smallest absolute Gasteiger partial charge is 0.341 e. The number of nitrogens with one attached hydrogen (secondary N) is 1. The number of esters is 1. The van der Waals surface area contributed by atoms with Gasteiger partial charge >= 0.3 is 5.97 Å². The Bertz CT molecular complexity index is 949. The van der Waals surface area contributed by atoms with E-state index in [1.54, 1.807) is 17.9 Å². The summed E-state index contributed by atoms with van der Waals surface area (Å²) in [5.41, 5.74) is 1.89. The highest BCUT2D eigenvalue weighted by Crippen LogP contribution is 2.32. The van der Waals surface area contributed by atoms with Gasteiger partial charge in [-0.15, -0.1) is 0 Å². The molecule has 0 aliphatic carbocycles. The predicted octanol–water partition coefficient (Wildman–Crippen LogP) is 2.70. The van der Waals surface area contributed by atoms with Crippen LogP contribution in [0.4, 0.5) is 0 Å². The highest BCUT2D eigenvalue weighted by molar-refractivity contribution is 5.90. The molecule has 1 N–H and O–H groups in total. The van der Waals surface area contributed by atoms with Crippen LogP contribution in [0.25, 0.3) is 5.69 Å². The third-order valence-electron chi connectivity index (χ3n) is 4.31. The fourth-order valence-corrected chi connectivity index (χ4v) is 3.03. The number of rotatable bonds is 7. The molecule has 0 unspecified atom stereocenters. The molecule has 1 aliphatic rings. The van der Waals surface area contributed by atoms with E-state index in [9.17, 15) is 4.79 Å². The average molecular weight is 383 g/mol. The maximum Gasteiger partial charge on any atom is 0.341 e. The number of hydrogen-bond donors (Lipinski definition) is 1. The van der Waals surface area contributed by atoms with Gasteiger partial charge in [0, 0.05) is 12.6 Å². The van der Waals surface area contributed by atoms with E-state index in [1.165, 1.54) is 6.20 Å². The summed E-state index contributed by atoms with van der Waals surface area (Å²) < 4.78 is 23.5. The second-order valence-electron chi connectivity index (χ2n) is 6.15. The lowest BCUT2D eigenvalue weighted by molar-refractivity contribution is 0.0525. The number of ether oxygens (including phenoxy) is 3. The molecule has 0 amide bonds. The van der Waals surface area contributed by atoms with Gasteiger partial charge < -0.3 is 23.9 Å². The largest absolute Gasteiger partial charge is 0.486 e. The van der Waals surface area contributed by atoms with Crippen molar-refractivity contribution in [3.63, 3.8) is 0 Å². The number of aromatic nitrogens is 2. The molecule has 3 heterocycles. The Morgan fingerprint density at radius 3 is 2.86 bits per heavy atom. The van der Waals surface area contributed by atoms with Gasteiger partial charge in [-0.05, 0) is 31.2 Å². The van der Waals surface area contributed by atoms with Crippen molar-refractivity contribution in [3.05, 3.63) is 59.8 Å². The predicted molar refractivity (Wildman–Crippen MR) is 99.8 cm³/mol. The fraction of sp³-hybridized carbons (Fsp3) is 0.300. The van der Waals surface area contributed by atoms with Gasteiger partial charge in [0.1, 0.15) is 24.5 Å². The highest BCUT2D eigenvalue weighted by Gasteiger charge is 2.21. The molecule has 0 saturated heterocycles. The first-order chi connectivity index (χ1) is 13.8. The highest BCUT2D eigenvalue weighted by atomic mass is 16.6. The lowest BCUT2D eigenvalue weighted by Gasteiger charge is -2.19. The van der Waals surface area contributed by atoms with Crippen LogP contribution in [0, 0.1) is 0 Å². The maximum atomic E-state index is 12.4. The van der Waals surface area contributed by atoms with Crippen LogP contribution in [0.3, 0.4) is 0 Å². The van der Waals surface area contributed by atoms with Gasteiger partial charge in [0.05, 0.1) is 37.0 Å². The minimum Gasteiger partial charge on any atom is -0.486 e. The second kappa shape index (κ2) is 8.18. The molecule has 146 valence electrons. The van der Waals surface area contributed by atoms with Crippen LogP contribution in [0.1, 0.15) is 28.7 Å². The molecule has 0 fully saturated rings. The van der Waals surface area contributed by atoms with Crippen molar-refractivity contribution >= 4 is 5.97 Å². The van der Waals surface area contributed by atoms with E-state index in [1.807, 2.05) is 30.3 Å². The summed E-state index contributed by atoms with van der Waals surface area (Å²) in [4.78, 5) is 12.4. The number of furan rings is 1. The molecule has 28 heavy (non-hydrogen) atoms. The molecule has 0 radical (unpaired) electrons. The van der Waals surface area contributed by atoms with Crippen molar-refractivity contribution in [1.29, 1.82) is 0 Å². The van der Waals surface area contributed by atoms with E-state index in [4.69, 9.17) is 18.6 Å². The van der Waals surface area contributed by atoms with Crippen LogP contribution in [0.2, 0.25) is 0 Å². The average Bonchev–Trinajstić information content (AvgIpc) is 3.38. The van der Waals surface area contributed by atoms with Gasteiger partial charge in [0.25, 0.3) is 0 Å². The van der Waals surface area contributed by atoms with Crippen LogP contribution < -0.4 is 14.8 Å². The molecular weight excluding hydrogens is 362 g/mol. The zero-order valence-electron chi connectivity index (χ0n) is 15.5. The monoisotopic (exact) mass is 383 g/mol. The minimum atomic E-state index is -0.402. The number of nitrogens with zero attached hydrogens (tertiary/aromatic N) is 2. The van der Waals surface area contributed by atoms with Gasteiger partial charge in [-0.25, -0.2) is 9.48 Å². The fourth-order valence-electron chi connectivity index (χ4n) is 3.03. The van der Waals surface area contributed by atoms with E-state index in [0.29, 0.717) is 55.7 Å². The van der Waals surface area contributed by atoms with E-state index in [-0.39, 0.29) is 0 Å². The molecular formula is C20H21N3O5. The van der Waals surface area contributed by atoms with Crippen molar-refractivity contribution in [1.82, 2.24) is 15.1 Å². The molecule has 0 atom stereocenters. The summed E-state index contributed by atoms with van der Waals surface area (Å²) in [7, 11) is 0. The Morgan fingerprint density at radius 2 is 2.07 bits per heavy atom. The summed E-state index contributed by atoms with van der Waals surface area (Å²) in [6.07, 6.45) is 3.15. The third-order valence-corrected chi connectivity index (χ3v) is 4.31.